The zero-order chi connectivity index (χ0) is 14.1. The Kier molecular flexibility index (Phi) is 6.13. The first-order valence-electron chi connectivity index (χ1n) is 5.90. The fourth-order valence-corrected chi connectivity index (χ4v) is 1.40. The summed E-state index contributed by atoms with van der Waals surface area (Å²) in [6, 6.07) is 6.90. The third kappa shape index (κ3) is 5.23. The van der Waals surface area contributed by atoms with Crippen molar-refractivity contribution in [1.29, 1.82) is 0 Å². The molecular weight excluding hydrogens is 244 g/mol. The summed E-state index contributed by atoms with van der Waals surface area (Å²) in [5, 5.41) is 11.3. The smallest absolute Gasteiger partial charge is 0.252 e. The van der Waals surface area contributed by atoms with E-state index in [4.69, 9.17) is 10.8 Å². The van der Waals surface area contributed by atoms with Gasteiger partial charge in [0.25, 0.3) is 5.91 Å². The summed E-state index contributed by atoms with van der Waals surface area (Å²) < 4.78 is 0. The Morgan fingerprint density at radius 1 is 1.32 bits per heavy atom. The van der Waals surface area contributed by atoms with E-state index in [1.165, 1.54) is 0 Å². The molecule has 0 fully saturated rings. The van der Waals surface area contributed by atoms with Crippen LogP contribution < -0.4 is 11.1 Å². The number of rotatable bonds is 5. The molecule has 100 valence electrons. The predicted octanol–water partition coefficient (Wildman–Crippen LogP) is 0.0257. The van der Waals surface area contributed by atoms with Gasteiger partial charge in [0.15, 0.2) is 0 Å². The molecule has 0 aliphatic heterocycles. The zero-order valence-corrected chi connectivity index (χ0v) is 10.5. The van der Waals surface area contributed by atoms with Gasteiger partial charge in [-0.05, 0) is 12.1 Å². The van der Waals surface area contributed by atoms with Crippen molar-refractivity contribution in [3.8, 4) is 11.8 Å². The van der Waals surface area contributed by atoms with Crippen molar-refractivity contribution in [3.05, 3.63) is 35.4 Å². The van der Waals surface area contributed by atoms with Crippen LogP contribution in [0.3, 0.4) is 0 Å². The Morgan fingerprint density at radius 2 is 2.05 bits per heavy atom. The monoisotopic (exact) mass is 260 g/mol. The highest BCUT2D eigenvalue weighted by Gasteiger charge is 2.09. The van der Waals surface area contributed by atoms with Crippen molar-refractivity contribution >= 4 is 11.8 Å². The number of aliphatic hydroxyl groups excluding tert-OH is 1. The first kappa shape index (κ1) is 14.7. The lowest BCUT2D eigenvalue weighted by molar-refractivity contribution is -0.117. The third-order valence-corrected chi connectivity index (χ3v) is 2.29. The van der Waals surface area contributed by atoms with Crippen molar-refractivity contribution in [3.63, 3.8) is 0 Å². The van der Waals surface area contributed by atoms with E-state index in [0.29, 0.717) is 17.5 Å². The molecule has 0 spiro atoms. The van der Waals surface area contributed by atoms with Crippen LogP contribution in [0.1, 0.15) is 28.8 Å². The maximum absolute atomic E-state index is 11.9. The van der Waals surface area contributed by atoms with Crippen LogP contribution in [-0.4, -0.2) is 30.1 Å². The van der Waals surface area contributed by atoms with E-state index in [9.17, 15) is 9.59 Å². The molecule has 4 N–H and O–H groups in total. The predicted molar refractivity (Wildman–Crippen MR) is 71.2 cm³/mol. The SMILES string of the molecule is NC(=O)CCNC(=O)c1ccccc1C#CCCO. The molecule has 5 heteroatoms. The molecule has 0 heterocycles. The van der Waals surface area contributed by atoms with Crippen LogP contribution in [0.5, 0.6) is 0 Å². The van der Waals surface area contributed by atoms with Crippen LogP contribution in [0, 0.1) is 11.8 Å². The Balaban J connectivity index is 2.74. The number of hydrogen-bond donors (Lipinski definition) is 3. The van der Waals surface area contributed by atoms with Gasteiger partial charge in [-0.25, -0.2) is 0 Å². The average molecular weight is 260 g/mol. The summed E-state index contributed by atoms with van der Waals surface area (Å²) in [6.45, 7) is 0.187. The maximum atomic E-state index is 11.9. The Bertz CT molecular complexity index is 515. The van der Waals surface area contributed by atoms with Gasteiger partial charge in [-0.2, -0.15) is 0 Å². The number of nitrogens with one attached hydrogen (secondary N) is 1. The molecule has 1 aromatic rings. The summed E-state index contributed by atoms with van der Waals surface area (Å²) in [6.07, 6.45) is 0.460. The highest BCUT2D eigenvalue weighted by atomic mass is 16.2. The Hall–Kier alpha value is -2.32. The van der Waals surface area contributed by atoms with Crippen LogP contribution in [0.4, 0.5) is 0 Å². The average Bonchev–Trinajstić information content (AvgIpc) is 2.39. The van der Waals surface area contributed by atoms with Crippen molar-refractivity contribution in [2.45, 2.75) is 12.8 Å². The van der Waals surface area contributed by atoms with Crippen molar-refractivity contribution in [2.75, 3.05) is 13.2 Å². The molecule has 0 radical (unpaired) electrons. The van der Waals surface area contributed by atoms with Crippen molar-refractivity contribution in [2.24, 2.45) is 5.73 Å². The van der Waals surface area contributed by atoms with E-state index >= 15 is 0 Å². The number of nitrogens with two attached hydrogens (primary N) is 1. The lowest BCUT2D eigenvalue weighted by atomic mass is 10.1. The second-order valence-electron chi connectivity index (χ2n) is 3.79. The van der Waals surface area contributed by atoms with Gasteiger partial charge in [-0.3, -0.25) is 9.59 Å². The topological polar surface area (TPSA) is 92.4 Å². The molecule has 5 nitrogen and oxygen atoms in total. The standard InChI is InChI=1S/C14H16N2O3/c15-13(18)8-9-16-14(19)12-7-2-1-5-11(12)6-3-4-10-17/h1-2,5,7,17H,4,8-10H2,(H2,15,18)(H,16,19). The first-order valence-corrected chi connectivity index (χ1v) is 5.90. The van der Waals surface area contributed by atoms with E-state index < -0.39 is 5.91 Å². The number of benzene rings is 1. The number of aliphatic hydroxyl groups is 1. The minimum Gasteiger partial charge on any atom is -0.395 e. The fraction of sp³-hybridized carbons (Fsp3) is 0.286. The van der Waals surface area contributed by atoms with E-state index in [0.717, 1.165) is 0 Å². The molecule has 19 heavy (non-hydrogen) atoms. The molecule has 0 saturated heterocycles. The second kappa shape index (κ2) is 7.90. The normalized spacial score (nSPS) is 9.32. The minimum atomic E-state index is -0.462. The third-order valence-electron chi connectivity index (χ3n) is 2.29. The van der Waals surface area contributed by atoms with Crippen LogP contribution in [0.15, 0.2) is 24.3 Å². The van der Waals surface area contributed by atoms with E-state index in [-0.39, 0.29) is 25.5 Å². The van der Waals surface area contributed by atoms with Gasteiger partial charge in [0.2, 0.25) is 5.91 Å². The van der Waals surface area contributed by atoms with Gasteiger partial charge in [0, 0.05) is 24.9 Å². The van der Waals surface area contributed by atoms with Crippen LogP contribution in [-0.2, 0) is 4.79 Å². The lowest BCUT2D eigenvalue weighted by Crippen LogP contribution is -2.28. The summed E-state index contributed by atoms with van der Waals surface area (Å²) in [5.41, 5.74) is 6.02. The number of amides is 2. The van der Waals surface area contributed by atoms with Crippen LogP contribution in [0.2, 0.25) is 0 Å². The quantitative estimate of drug-likeness (QED) is 0.652. The van der Waals surface area contributed by atoms with Crippen molar-refractivity contribution < 1.29 is 14.7 Å². The molecule has 0 unspecified atom stereocenters. The molecule has 0 aliphatic rings. The van der Waals surface area contributed by atoms with E-state index in [1.54, 1.807) is 24.3 Å². The van der Waals surface area contributed by atoms with Gasteiger partial charge < -0.3 is 16.2 Å². The number of carbonyl (C=O) groups is 2. The molecule has 0 aliphatic carbocycles. The molecule has 1 aromatic carbocycles. The minimum absolute atomic E-state index is 0.0139. The number of hydrogen-bond acceptors (Lipinski definition) is 3. The maximum Gasteiger partial charge on any atom is 0.252 e. The largest absolute Gasteiger partial charge is 0.395 e. The molecular formula is C14H16N2O3. The van der Waals surface area contributed by atoms with Gasteiger partial charge in [-0.1, -0.05) is 24.0 Å². The van der Waals surface area contributed by atoms with Crippen LogP contribution >= 0.6 is 0 Å². The molecule has 0 aromatic heterocycles. The van der Waals surface area contributed by atoms with Gasteiger partial charge >= 0.3 is 0 Å². The molecule has 0 saturated carbocycles. The molecule has 0 bridgehead atoms. The number of carbonyl (C=O) groups excluding carboxylic acids is 2. The van der Waals surface area contributed by atoms with Gasteiger partial charge in [0.1, 0.15) is 0 Å². The lowest BCUT2D eigenvalue weighted by Gasteiger charge is -2.05. The van der Waals surface area contributed by atoms with Gasteiger partial charge in [-0.15, -0.1) is 0 Å². The Morgan fingerprint density at radius 3 is 2.74 bits per heavy atom. The summed E-state index contributed by atoms with van der Waals surface area (Å²) >= 11 is 0. The molecule has 2 amide bonds. The highest BCUT2D eigenvalue weighted by molar-refractivity contribution is 5.96. The summed E-state index contributed by atoms with van der Waals surface area (Å²) in [7, 11) is 0. The highest BCUT2D eigenvalue weighted by Crippen LogP contribution is 2.07. The van der Waals surface area contributed by atoms with E-state index in [1.807, 2.05) is 0 Å². The summed E-state index contributed by atoms with van der Waals surface area (Å²) in [5.74, 6) is 4.84. The van der Waals surface area contributed by atoms with Crippen molar-refractivity contribution in [1.82, 2.24) is 5.32 Å². The Labute approximate surface area is 111 Å². The summed E-state index contributed by atoms with van der Waals surface area (Å²) in [4.78, 5) is 22.5. The first-order chi connectivity index (χ1) is 9.15. The molecule has 0 atom stereocenters. The second-order valence-corrected chi connectivity index (χ2v) is 3.79. The molecule has 1 rings (SSSR count). The van der Waals surface area contributed by atoms with Crippen LogP contribution in [0.25, 0.3) is 0 Å². The van der Waals surface area contributed by atoms with Gasteiger partial charge in [0.05, 0.1) is 12.2 Å². The van der Waals surface area contributed by atoms with E-state index in [2.05, 4.69) is 17.2 Å². The number of primary amides is 1. The fourth-order valence-electron chi connectivity index (χ4n) is 1.40. The zero-order valence-electron chi connectivity index (χ0n) is 10.5.